The van der Waals surface area contributed by atoms with Crippen molar-refractivity contribution in [1.82, 2.24) is 4.98 Å². The molecule has 2 rings (SSSR count). The normalized spacial score (nSPS) is 11.2. The molecule has 110 valence electrons. The van der Waals surface area contributed by atoms with E-state index in [9.17, 15) is 18.0 Å². The van der Waals surface area contributed by atoms with Gasteiger partial charge in [-0.1, -0.05) is 15.9 Å². The minimum absolute atomic E-state index is 0.229. The zero-order chi connectivity index (χ0) is 15.6. The van der Waals surface area contributed by atoms with E-state index in [1.165, 1.54) is 12.3 Å². The number of alkyl halides is 3. The molecule has 1 aromatic heterocycles. The number of rotatable bonds is 3. The highest BCUT2D eigenvalue weighted by Gasteiger charge is 2.35. The summed E-state index contributed by atoms with van der Waals surface area (Å²) in [6, 6.07) is 4.46. The zero-order valence-corrected chi connectivity index (χ0v) is 11.8. The fourth-order valence-electron chi connectivity index (χ4n) is 1.57. The predicted octanol–water partition coefficient (Wildman–Crippen LogP) is 4.35. The smallest absolute Gasteiger partial charge is 0.420 e. The number of hydrogen-bond donors (Lipinski definition) is 1. The van der Waals surface area contributed by atoms with Crippen LogP contribution >= 0.6 is 15.9 Å². The Morgan fingerprint density at radius 3 is 2.57 bits per heavy atom. The molecule has 21 heavy (non-hydrogen) atoms. The quantitative estimate of drug-likeness (QED) is 0.882. The molecular formula is C13H7BrF3NO3. The maximum absolute atomic E-state index is 13.0. The number of pyridine rings is 1. The number of carboxylic acids is 1. The van der Waals surface area contributed by atoms with Crippen molar-refractivity contribution in [1.29, 1.82) is 0 Å². The largest absolute Gasteiger partial charge is 0.478 e. The highest BCUT2D eigenvalue weighted by atomic mass is 79.9. The number of carboxylic acid groups (broad SMARTS) is 1. The van der Waals surface area contributed by atoms with E-state index in [1.807, 2.05) is 0 Å². The van der Waals surface area contributed by atoms with E-state index in [1.54, 1.807) is 0 Å². The molecule has 0 fully saturated rings. The van der Waals surface area contributed by atoms with E-state index in [2.05, 4.69) is 20.9 Å². The van der Waals surface area contributed by atoms with Crippen LogP contribution in [-0.2, 0) is 6.18 Å². The van der Waals surface area contributed by atoms with Gasteiger partial charge in [-0.15, -0.1) is 0 Å². The molecule has 2 aromatic rings. The molecule has 0 saturated carbocycles. The number of carbonyl (C=O) groups is 1. The Morgan fingerprint density at radius 2 is 1.95 bits per heavy atom. The van der Waals surface area contributed by atoms with Crippen LogP contribution in [-0.4, -0.2) is 16.1 Å². The maximum atomic E-state index is 13.0. The number of aromatic carboxylic acids is 1. The van der Waals surface area contributed by atoms with Crippen LogP contribution in [0.3, 0.4) is 0 Å². The van der Waals surface area contributed by atoms with Gasteiger partial charge in [0.1, 0.15) is 11.3 Å². The highest BCUT2D eigenvalue weighted by Crippen LogP contribution is 2.40. The van der Waals surface area contributed by atoms with E-state index in [0.717, 1.165) is 24.4 Å². The fourth-order valence-corrected chi connectivity index (χ4v) is 1.93. The van der Waals surface area contributed by atoms with Gasteiger partial charge in [0.15, 0.2) is 5.75 Å². The van der Waals surface area contributed by atoms with E-state index in [4.69, 9.17) is 9.84 Å². The number of hydrogen-bond acceptors (Lipinski definition) is 3. The second-order valence-corrected chi connectivity index (χ2v) is 4.83. The lowest BCUT2D eigenvalue weighted by Crippen LogP contribution is -2.08. The first-order chi connectivity index (χ1) is 9.79. The average Bonchev–Trinajstić information content (AvgIpc) is 2.40. The third-order valence-electron chi connectivity index (χ3n) is 2.48. The Balaban J connectivity index is 2.48. The van der Waals surface area contributed by atoms with Gasteiger partial charge in [0.05, 0.1) is 11.8 Å². The molecular weight excluding hydrogens is 355 g/mol. The van der Waals surface area contributed by atoms with Crippen LogP contribution in [0.4, 0.5) is 13.2 Å². The highest BCUT2D eigenvalue weighted by molar-refractivity contribution is 9.10. The SMILES string of the molecule is O=C(O)c1ccncc1Oc1ccc(Br)cc1C(F)(F)F. The molecule has 0 atom stereocenters. The van der Waals surface area contributed by atoms with Crippen molar-refractivity contribution in [3.05, 3.63) is 52.3 Å². The van der Waals surface area contributed by atoms with Gasteiger partial charge >= 0.3 is 12.1 Å². The van der Waals surface area contributed by atoms with Gasteiger partial charge in [-0.25, -0.2) is 4.79 Å². The molecule has 0 spiro atoms. The second kappa shape index (κ2) is 5.72. The fraction of sp³-hybridized carbons (Fsp3) is 0.0769. The second-order valence-electron chi connectivity index (χ2n) is 3.92. The molecule has 8 heteroatoms. The van der Waals surface area contributed by atoms with Crippen molar-refractivity contribution in [3.8, 4) is 11.5 Å². The lowest BCUT2D eigenvalue weighted by atomic mass is 10.2. The third kappa shape index (κ3) is 3.52. The topological polar surface area (TPSA) is 59.4 Å². The van der Waals surface area contributed by atoms with E-state index < -0.39 is 23.5 Å². The van der Waals surface area contributed by atoms with Gasteiger partial charge in [0, 0.05) is 10.7 Å². The molecule has 1 heterocycles. The molecule has 0 saturated heterocycles. The monoisotopic (exact) mass is 361 g/mol. The molecule has 4 nitrogen and oxygen atoms in total. The number of benzene rings is 1. The van der Waals surface area contributed by atoms with Gasteiger partial charge in [0.25, 0.3) is 0 Å². The lowest BCUT2D eigenvalue weighted by Gasteiger charge is -2.14. The summed E-state index contributed by atoms with van der Waals surface area (Å²) in [5.74, 6) is -2.09. The standard InChI is InChI=1S/C13H7BrF3NO3/c14-7-1-2-10(9(5-7)13(15,16)17)21-11-6-18-4-3-8(11)12(19)20/h1-6H,(H,19,20). The first-order valence-corrected chi connectivity index (χ1v) is 6.30. The summed E-state index contributed by atoms with van der Waals surface area (Å²) in [7, 11) is 0. The Morgan fingerprint density at radius 1 is 1.24 bits per heavy atom. The summed E-state index contributed by atoms with van der Waals surface area (Å²) >= 11 is 2.95. The minimum atomic E-state index is -4.63. The number of nitrogens with zero attached hydrogens (tertiary/aromatic N) is 1. The van der Waals surface area contributed by atoms with E-state index in [-0.39, 0.29) is 15.8 Å². The van der Waals surface area contributed by atoms with Gasteiger partial charge in [0.2, 0.25) is 0 Å². The summed E-state index contributed by atoms with van der Waals surface area (Å²) in [4.78, 5) is 14.7. The summed E-state index contributed by atoms with van der Waals surface area (Å²) in [6.45, 7) is 0. The van der Waals surface area contributed by atoms with Crippen LogP contribution in [0.25, 0.3) is 0 Å². The maximum Gasteiger partial charge on any atom is 0.420 e. The summed E-state index contributed by atoms with van der Waals surface area (Å²) in [5, 5.41) is 8.98. The van der Waals surface area contributed by atoms with E-state index >= 15 is 0 Å². The summed E-state index contributed by atoms with van der Waals surface area (Å²) < 4.78 is 44.2. The van der Waals surface area contributed by atoms with Crippen LogP contribution in [0.1, 0.15) is 15.9 Å². The third-order valence-corrected chi connectivity index (χ3v) is 2.98. The van der Waals surface area contributed by atoms with Crippen LogP contribution in [0.5, 0.6) is 11.5 Å². The lowest BCUT2D eigenvalue weighted by molar-refractivity contribution is -0.138. The molecule has 0 unspecified atom stereocenters. The zero-order valence-electron chi connectivity index (χ0n) is 10.2. The average molecular weight is 362 g/mol. The van der Waals surface area contributed by atoms with Gasteiger partial charge in [-0.3, -0.25) is 4.98 Å². The Labute approximate surface area is 125 Å². The Bertz CT molecular complexity index is 689. The van der Waals surface area contributed by atoms with Crippen LogP contribution in [0.2, 0.25) is 0 Å². The van der Waals surface area contributed by atoms with E-state index in [0.29, 0.717) is 0 Å². The Kier molecular flexibility index (Phi) is 4.17. The van der Waals surface area contributed by atoms with Crippen LogP contribution < -0.4 is 4.74 Å². The number of halogens is 4. The summed E-state index contributed by atoms with van der Waals surface area (Å²) in [6.07, 6.45) is -2.38. The molecule has 0 aliphatic heterocycles. The van der Waals surface area contributed by atoms with Crippen molar-refractivity contribution >= 4 is 21.9 Å². The first kappa shape index (κ1) is 15.3. The molecule has 0 bridgehead atoms. The van der Waals surface area contributed by atoms with Crippen LogP contribution in [0, 0.1) is 0 Å². The predicted molar refractivity (Wildman–Crippen MR) is 70.4 cm³/mol. The Hall–Kier alpha value is -2.09. The molecule has 0 amide bonds. The van der Waals surface area contributed by atoms with Gasteiger partial charge in [-0.2, -0.15) is 13.2 Å². The molecule has 0 radical (unpaired) electrons. The molecule has 1 N–H and O–H groups in total. The van der Waals surface area contributed by atoms with Gasteiger partial charge < -0.3 is 9.84 Å². The summed E-state index contributed by atoms with van der Waals surface area (Å²) in [5.41, 5.74) is -1.29. The first-order valence-electron chi connectivity index (χ1n) is 5.51. The van der Waals surface area contributed by atoms with Crippen molar-refractivity contribution in [2.24, 2.45) is 0 Å². The molecule has 0 aliphatic carbocycles. The molecule has 0 aliphatic rings. The number of ether oxygens (including phenoxy) is 1. The van der Waals surface area contributed by atoms with Gasteiger partial charge in [-0.05, 0) is 24.3 Å². The van der Waals surface area contributed by atoms with Crippen molar-refractivity contribution in [2.45, 2.75) is 6.18 Å². The number of aromatic nitrogens is 1. The molecule has 1 aromatic carbocycles. The van der Waals surface area contributed by atoms with Crippen molar-refractivity contribution < 1.29 is 27.8 Å². The van der Waals surface area contributed by atoms with Crippen LogP contribution in [0.15, 0.2) is 41.1 Å². The van der Waals surface area contributed by atoms with Crippen molar-refractivity contribution in [3.63, 3.8) is 0 Å². The van der Waals surface area contributed by atoms with Crippen molar-refractivity contribution in [2.75, 3.05) is 0 Å². The minimum Gasteiger partial charge on any atom is -0.478 e.